The largest absolute Gasteiger partial charge is 0.486 e. The maximum atomic E-state index is 14.5. The maximum absolute atomic E-state index is 14.5. The van der Waals surface area contributed by atoms with Crippen molar-refractivity contribution in [3.05, 3.63) is 124 Å². The number of nitrogens with one attached hydrogen (secondary N) is 1. The van der Waals surface area contributed by atoms with Gasteiger partial charge in [-0.15, -0.1) is 0 Å². The molecule has 67 heavy (non-hydrogen) atoms. The maximum Gasteiger partial charge on any atom is 0.457 e. The van der Waals surface area contributed by atoms with E-state index < -0.39 is 35.4 Å². The van der Waals surface area contributed by atoms with Gasteiger partial charge < -0.3 is 43.2 Å². The van der Waals surface area contributed by atoms with Gasteiger partial charge in [-0.2, -0.15) is 0 Å². The van der Waals surface area contributed by atoms with Crippen molar-refractivity contribution in [1.82, 2.24) is 10.2 Å². The highest BCUT2D eigenvalue weighted by molar-refractivity contribution is 6.45. The van der Waals surface area contributed by atoms with E-state index in [4.69, 9.17) is 33.0 Å². The highest BCUT2D eigenvalue weighted by atomic mass is 16.7. The minimum absolute atomic E-state index is 0.0995. The molecule has 2 aliphatic heterocycles. The summed E-state index contributed by atoms with van der Waals surface area (Å²) in [5.41, 5.74) is 2.95. The van der Waals surface area contributed by atoms with E-state index in [1.54, 1.807) is 43.9 Å². The third-order valence-corrected chi connectivity index (χ3v) is 13.9. The van der Waals surface area contributed by atoms with Crippen LogP contribution in [0.2, 0.25) is 6.32 Å². The highest BCUT2D eigenvalue weighted by Crippen LogP contribution is 2.65. The Morgan fingerprint density at radius 2 is 1.40 bits per heavy atom. The Labute approximate surface area is 396 Å². The van der Waals surface area contributed by atoms with Gasteiger partial charge in [-0.25, -0.2) is 9.59 Å². The Morgan fingerprint density at radius 3 is 2.01 bits per heavy atom. The van der Waals surface area contributed by atoms with E-state index in [0.717, 1.165) is 28.7 Å². The SMILES string of the molecule is Cc1c(CCB2O[C@@H]3C[C@@H]4C[C@@H](C4(C)C)[C@]3(C)O2)ccc(OC2CN(C(=O)C(NC(=O)OC(C)(C)C)c3ccc(OCc4ccccc4)c(OCc4ccccc4)c3)C2)c1C(=O)OC(C)(C)C. The summed E-state index contributed by atoms with van der Waals surface area (Å²) < 4.78 is 43.9. The summed E-state index contributed by atoms with van der Waals surface area (Å²) in [5.74, 6) is 1.59. The Morgan fingerprint density at radius 1 is 0.791 bits per heavy atom. The van der Waals surface area contributed by atoms with Gasteiger partial charge in [0.1, 0.15) is 47.9 Å². The van der Waals surface area contributed by atoms with Gasteiger partial charge in [-0.3, -0.25) is 4.79 Å². The molecule has 13 heteroatoms. The van der Waals surface area contributed by atoms with Crippen molar-refractivity contribution in [3.63, 3.8) is 0 Å². The molecule has 9 rings (SSSR count). The predicted octanol–water partition coefficient (Wildman–Crippen LogP) is 10.2. The summed E-state index contributed by atoms with van der Waals surface area (Å²) in [6.07, 6.45) is 2.44. The van der Waals surface area contributed by atoms with Gasteiger partial charge in [0, 0.05) is 0 Å². The molecule has 2 amide bonds. The Balaban J connectivity index is 0.984. The fourth-order valence-corrected chi connectivity index (χ4v) is 10.2. The number of hydrogen-bond donors (Lipinski definition) is 1. The molecule has 2 saturated heterocycles. The van der Waals surface area contributed by atoms with Gasteiger partial charge >= 0.3 is 19.2 Å². The molecular formula is C54H67BN2O10. The number of nitrogens with zero attached hydrogens (tertiary/aromatic N) is 1. The molecule has 0 radical (unpaired) electrons. The van der Waals surface area contributed by atoms with Crippen LogP contribution in [-0.2, 0) is 43.2 Å². The lowest BCUT2D eigenvalue weighted by molar-refractivity contribution is -0.199. The quantitative estimate of drug-likeness (QED) is 0.0908. The molecule has 0 spiro atoms. The zero-order chi connectivity index (χ0) is 47.9. The lowest BCUT2D eigenvalue weighted by atomic mass is 9.43. The molecule has 5 fully saturated rings. The van der Waals surface area contributed by atoms with Gasteiger partial charge in [0.25, 0.3) is 0 Å². The van der Waals surface area contributed by atoms with E-state index in [1.165, 1.54) is 6.42 Å². The number of carbonyl (C=O) groups is 3. The average molecular weight is 915 g/mol. The predicted molar refractivity (Wildman–Crippen MR) is 256 cm³/mol. The molecule has 2 bridgehead atoms. The second-order valence-electron chi connectivity index (χ2n) is 21.5. The highest BCUT2D eigenvalue weighted by Gasteiger charge is 2.67. The molecule has 356 valence electrons. The lowest BCUT2D eigenvalue weighted by Crippen LogP contribution is -2.65. The van der Waals surface area contributed by atoms with Crippen molar-refractivity contribution >= 4 is 25.1 Å². The zero-order valence-corrected chi connectivity index (χ0v) is 40.8. The fraction of sp³-hybridized carbons (Fsp3) is 0.500. The van der Waals surface area contributed by atoms with Crippen LogP contribution in [0.25, 0.3) is 0 Å². The van der Waals surface area contributed by atoms with Crippen LogP contribution >= 0.6 is 0 Å². The number of esters is 1. The minimum Gasteiger partial charge on any atom is -0.486 e. The number of carbonyl (C=O) groups excluding carboxylic acids is 3. The normalized spacial score (nSPS) is 22.4. The molecule has 5 aliphatic rings. The van der Waals surface area contributed by atoms with Crippen LogP contribution in [0.5, 0.6) is 17.2 Å². The topological polar surface area (TPSA) is 131 Å². The average Bonchev–Trinajstić information content (AvgIpc) is 3.60. The van der Waals surface area contributed by atoms with E-state index in [0.29, 0.717) is 59.6 Å². The van der Waals surface area contributed by atoms with E-state index >= 15 is 0 Å². The van der Waals surface area contributed by atoms with Crippen LogP contribution < -0.4 is 19.5 Å². The van der Waals surface area contributed by atoms with Gasteiger partial charge in [0.15, 0.2) is 11.5 Å². The van der Waals surface area contributed by atoms with Crippen LogP contribution in [0.15, 0.2) is 91.0 Å². The summed E-state index contributed by atoms with van der Waals surface area (Å²) >= 11 is 0. The van der Waals surface area contributed by atoms with E-state index in [2.05, 4.69) is 26.1 Å². The summed E-state index contributed by atoms with van der Waals surface area (Å²) in [6, 6.07) is 27.5. The fourth-order valence-electron chi connectivity index (χ4n) is 10.2. The molecule has 3 saturated carbocycles. The summed E-state index contributed by atoms with van der Waals surface area (Å²) in [4.78, 5) is 43.4. The van der Waals surface area contributed by atoms with Crippen LogP contribution in [0.1, 0.15) is 119 Å². The Hall–Kier alpha value is -5.53. The number of amides is 2. The molecule has 3 aliphatic carbocycles. The lowest BCUT2D eigenvalue weighted by Gasteiger charge is -2.64. The van der Waals surface area contributed by atoms with Crippen molar-refractivity contribution < 1.29 is 47.4 Å². The monoisotopic (exact) mass is 914 g/mol. The smallest absolute Gasteiger partial charge is 0.457 e. The van der Waals surface area contributed by atoms with E-state index in [-0.39, 0.29) is 49.8 Å². The first-order valence-electron chi connectivity index (χ1n) is 23.8. The third-order valence-electron chi connectivity index (χ3n) is 13.9. The van der Waals surface area contributed by atoms with Crippen molar-refractivity contribution in [1.29, 1.82) is 0 Å². The number of alkyl carbamates (subject to hydrolysis) is 1. The van der Waals surface area contributed by atoms with Gasteiger partial charge in [0.05, 0.1) is 24.8 Å². The second kappa shape index (κ2) is 18.9. The van der Waals surface area contributed by atoms with Crippen LogP contribution in [-0.4, -0.2) is 72.1 Å². The first-order valence-corrected chi connectivity index (χ1v) is 23.8. The minimum atomic E-state index is -1.13. The van der Waals surface area contributed by atoms with Crippen molar-refractivity contribution in [2.45, 2.75) is 143 Å². The number of hydrogen-bond acceptors (Lipinski definition) is 10. The van der Waals surface area contributed by atoms with E-state index in [1.807, 2.05) is 100 Å². The molecule has 4 aromatic carbocycles. The molecule has 2 heterocycles. The zero-order valence-electron chi connectivity index (χ0n) is 40.8. The molecule has 4 aromatic rings. The number of benzene rings is 4. The van der Waals surface area contributed by atoms with Crippen LogP contribution in [0, 0.1) is 24.2 Å². The Bertz CT molecular complexity index is 2430. The van der Waals surface area contributed by atoms with E-state index in [9.17, 15) is 14.4 Å². The molecule has 5 atom stereocenters. The first-order chi connectivity index (χ1) is 31.7. The summed E-state index contributed by atoms with van der Waals surface area (Å²) in [7, 11) is -0.322. The Kier molecular flexibility index (Phi) is 13.5. The molecular weight excluding hydrogens is 847 g/mol. The van der Waals surface area contributed by atoms with Crippen LogP contribution in [0.4, 0.5) is 4.79 Å². The molecule has 1 unspecified atom stereocenters. The second-order valence-corrected chi connectivity index (χ2v) is 21.5. The van der Waals surface area contributed by atoms with Crippen LogP contribution in [0.3, 0.4) is 0 Å². The summed E-state index contributed by atoms with van der Waals surface area (Å²) in [5, 5.41) is 2.83. The van der Waals surface area contributed by atoms with Crippen molar-refractivity contribution in [2.24, 2.45) is 17.3 Å². The van der Waals surface area contributed by atoms with Crippen molar-refractivity contribution in [2.75, 3.05) is 13.1 Å². The third kappa shape index (κ3) is 10.8. The molecule has 1 N–H and O–H groups in total. The molecule has 12 nitrogen and oxygen atoms in total. The number of aryl methyl sites for hydroxylation is 1. The first kappa shape index (κ1) is 47.9. The van der Waals surface area contributed by atoms with Gasteiger partial charge in [-0.1, -0.05) is 86.6 Å². The molecule has 0 aromatic heterocycles. The number of likely N-dealkylation sites (tertiary alicyclic amines) is 1. The van der Waals surface area contributed by atoms with Gasteiger partial charge in [-0.05, 0) is 144 Å². The van der Waals surface area contributed by atoms with Crippen molar-refractivity contribution in [3.8, 4) is 17.2 Å². The number of rotatable bonds is 15. The standard InChI is InChI=1S/C54H67BN2O10/c1-34-37(25-26-55-66-45-29-39-28-44(53(39,8)9)54(45,10)67-55)21-24-42(46(34)49(59)64-51(2,3)4)63-40-30-57(31-40)48(58)47(56-50(60)65-52(5,6)7)38-22-23-41(61-32-35-17-13-11-14-18-35)43(27-38)62-33-36-19-15-12-16-20-36/h11-24,27,39-40,44-45,47H,25-26,28-33H2,1-10H3,(H,56,60)/t39-,44-,45+,47?,54-/m0/s1. The number of ether oxygens (including phenoxy) is 5. The van der Waals surface area contributed by atoms with Gasteiger partial charge in [0.2, 0.25) is 5.91 Å². The summed E-state index contributed by atoms with van der Waals surface area (Å²) in [6.45, 7) is 20.7.